The van der Waals surface area contributed by atoms with Crippen molar-refractivity contribution in [2.24, 2.45) is 11.1 Å². The Morgan fingerprint density at radius 1 is 1.07 bits per heavy atom. The molecule has 0 saturated heterocycles. The highest BCUT2D eigenvalue weighted by atomic mass is 16.8. The van der Waals surface area contributed by atoms with E-state index in [1.54, 1.807) is 65.8 Å². The van der Waals surface area contributed by atoms with Gasteiger partial charge in [0.25, 0.3) is 0 Å². The molecule has 7 nitrogen and oxygen atoms in total. The molecule has 2 rings (SSSR count). The predicted octanol–water partition coefficient (Wildman–Crippen LogP) is 2.80. The molecular formula is C20H27NO6. The van der Waals surface area contributed by atoms with Crippen LogP contribution in [0.5, 0.6) is 0 Å². The van der Waals surface area contributed by atoms with Gasteiger partial charge in [0.05, 0.1) is 18.1 Å². The van der Waals surface area contributed by atoms with Crippen LogP contribution < -0.4 is 0 Å². The maximum atomic E-state index is 12.6. The number of aliphatic hydroxyl groups is 1. The van der Waals surface area contributed by atoms with Gasteiger partial charge in [-0.3, -0.25) is 4.79 Å². The summed E-state index contributed by atoms with van der Waals surface area (Å²) in [4.78, 5) is 30.1. The molecule has 27 heavy (non-hydrogen) atoms. The van der Waals surface area contributed by atoms with Gasteiger partial charge in [-0.1, -0.05) is 35.5 Å². The van der Waals surface area contributed by atoms with Crippen LogP contribution in [0.25, 0.3) is 0 Å². The topological polar surface area (TPSA) is 94.4 Å². The van der Waals surface area contributed by atoms with Crippen LogP contribution in [0.2, 0.25) is 0 Å². The highest BCUT2D eigenvalue weighted by Gasteiger charge is 2.57. The minimum atomic E-state index is -2.41. The first-order valence-electron chi connectivity index (χ1n) is 8.81. The Bertz CT molecular complexity index is 729. The van der Waals surface area contributed by atoms with Crippen molar-refractivity contribution in [1.29, 1.82) is 0 Å². The summed E-state index contributed by atoms with van der Waals surface area (Å²) in [5, 5.41) is 14.8. The van der Waals surface area contributed by atoms with Crippen molar-refractivity contribution in [2.45, 2.75) is 65.0 Å². The highest BCUT2D eigenvalue weighted by molar-refractivity contribution is 6.07. The van der Waals surface area contributed by atoms with Crippen LogP contribution in [0.4, 0.5) is 0 Å². The lowest BCUT2D eigenvalue weighted by molar-refractivity contribution is -0.240. The maximum absolute atomic E-state index is 12.6. The minimum Gasteiger partial charge on any atom is -0.460 e. The number of oxime groups is 1. The van der Waals surface area contributed by atoms with Crippen LogP contribution in [0.3, 0.4) is 0 Å². The summed E-state index contributed by atoms with van der Waals surface area (Å²) in [6.07, 6.45) is -0.291. The Hall–Kier alpha value is -2.41. The lowest BCUT2D eigenvalue weighted by Gasteiger charge is -2.30. The average molecular weight is 377 g/mol. The molecule has 2 atom stereocenters. The number of hydrogen-bond acceptors (Lipinski definition) is 7. The minimum absolute atomic E-state index is 0.287. The van der Waals surface area contributed by atoms with Crippen molar-refractivity contribution in [3.8, 4) is 0 Å². The summed E-state index contributed by atoms with van der Waals surface area (Å²) in [5.74, 6) is -5.05. The molecule has 0 fully saturated rings. The number of ether oxygens (including phenoxy) is 2. The highest BCUT2D eigenvalue weighted by Crippen LogP contribution is 2.36. The smallest absolute Gasteiger partial charge is 0.383 e. The molecular weight excluding hydrogens is 350 g/mol. The van der Waals surface area contributed by atoms with Crippen LogP contribution in [-0.2, 0) is 23.9 Å². The largest absolute Gasteiger partial charge is 0.460 e. The molecule has 0 saturated carbocycles. The predicted molar refractivity (Wildman–Crippen MR) is 98.8 cm³/mol. The molecule has 1 aliphatic heterocycles. The lowest BCUT2D eigenvalue weighted by atomic mass is 9.87. The summed E-state index contributed by atoms with van der Waals surface area (Å²) < 4.78 is 10.6. The van der Waals surface area contributed by atoms with E-state index in [0.717, 1.165) is 0 Å². The van der Waals surface area contributed by atoms with Crippen molar-refractivity contribution in [3.63, 3.8) is 0 Å². The first-order chi connectivity index (χ1) is 12.3. The monoisotopic (exact) mass is 377 g/mol. The molecule has 1 aliphatic rings. The van der Waals surface area contributed by atoms with Gasteiger partial charge >= 0.3 is 17.7 Å². The van der Waals surface area contributed by atoms with E-state index in [-0.39, 0.29) is 12.1 Å². The van der Waals surface area contributed by atoms with Crippen molar-refractivity contribution >= 4 is 17.7 Å². The van der Waals surface area contributed by atoms with E-state index >= 15 is 0 Å². The lowest BCUT2D eigenvalue weighted by Crippen LogP contribution is -2.50. The fraction of sp³-hybridized carbons (Fsp3) is 0.550. The fourth-order valence-electron chi connectivity index (χ4n) is 2.61. The number of benzene rings is 1. The van der Waals surface area contributed by atoms with Gasteiger partial charge in [0.1, 0.15) is 11.2 Å². The molecule has 7 heteroatoms. The molecule has 1 aromatic carbocycles. The number of esters is 2. The molecule has 0 unspecified atom stereocenters. The van der Waals surface area contributed by atoms with E-state index < -0.39 is 34.8 Å². The second-order valence-corrected chi connectivity index (χ2v) is 8.48. The van der Waals surface area contributed by atoms with Crippen LogP contribution in [0.1, 0.15) is 53.5 Å². The Morgan fingerprint density at radius 3 is 2.15 bits per heavy atom. The average Bonchev–Trinajstić information content (AvgIpc) is 2.83. The van der Waals surface area contributed by atoms with Crippen LogP contribution >= 0.6 is 0 Å². The van der Waals surface area contributed by atoms with E-state index in [1.165, 1.54) is 0 Å². The van der Waals surface area contributed by atoms with Crippen molar-refractivity contribution < 1.29 is 29.0 Å². The van der Waals surface area contributed by atoms with E-state index in [4.69, 9.17) is 14.3 Å². The van der Waals surface area contributed by atoms with E-state index in [0.29, 0.717) is 5.56 Å². The van der Waals surface area contributed by atoms with E-state index in [2.05, 4.69) is 5.16 Å². The Kier molecular flexibility index (Phi) is 5.65. The molecule has 0 spiro atoms. The molecule has 1 heterocycles. The van der Waals surface area contributed by atoms with Gasteiger partial charge in [0.15, 0.2) is 0 Å². The molecule has 148 valence electrons. The SMILES string of the molecule is CC(C)(C)OC(=O)C[C@H]1C(c2ccccc2)=NO[C@]1(O)C(=O)OC(C)(C)C. The summed E-state index contributed by atoms with van der Waals surface area (Å²) in [5.41, 5.74) is -0.632. The summed E-state index contributed by atoms with van der Waals surface area (Å²) in [6.45, 7) is 10.2. The normalized spacial score (nSPS) is 22.6. The zero-order valence-corrected chi connectivity index (χ0v) is 16.6. The summed E-state index contributed by atoms with van der Waals surface area (Å²) >= 11 is 0. The Balaban J connectivity index is 2.34. The van der Waals surface area contributed by atoms with Gasteiger partial charge in [0.2, 0.25) is 0 Å². The van der Waals surface area contributed by atoms with Crippen molar-refractivity contribution in [2.75, 3.05) is 0 Å². The third kappa shape index (κ3) is 5.29. The van der Waals surface area contributed by atoms with Gasteiger partial charge in [-0.05, 0) is 47.1 Å². The molecule has 0 bridgehead atoms. The number of carbonyl (C=O) groups is 2. The zero-order chi connectivity index (χ0) is 20.5. The Labute approximate surface area is 159 Å². The van der Waals surface area contributed by atoms with Crippen LogP contribution in [-0.4, -0.2) is 39.7 Å². The second-order valence-electron chi connectivity index (χ2n) is 8.48. The molecule has 0 aromatic heterocycles. The molecule has 0 aliphatic carbocycles. The standard InChI is InChI=1S/C20H27NO6/c1-18(2,3)25-15(22)12-14-16(13-10-8-7-9-11-13)21-27-20(14,24)17(23)26-19(4,5)6/h7-11,14,24H,12H2,1-6H3/t14-,20-/m0/s1. The molecule has 1 aromatic rings. The van der Waals surface area contributed by atoms with E-state index in [1.807, 2.05) is 6.07 Å². The zero-order valence-electron chi connectivity index (χ0n) is 16.6. The van der Waals surface area contributed by atoms with Crippen LogP contribution in [0, 0.1) is 5.92 Å². The molecule has 0 radical (unpaired) electrons. The first-order valence-corrected chi connectivity index (χ1v) is 8.81. The Morgan fingerprint density at radius 2 is 1.63 bits per heavy atom. The third-order valence-corrected chi connectivity index (χ3v) is 3.64. The number of nitrogens with zero attached hydrogens (tertiary/aromatic N) is 1. The summed E-state index contributed by atoms with van der Waals surface area (Å²) in [7, 11) is 0. The quantitative estimate of drug-likeness (QED) is 0.811. The maximum Gasteiger partial charge on any atom is 0.383 e. The first kappa shape index (κ1) is 20.9. The molecule has 0 amide bonds. The fourth-order valence-corrected chi connectivity index (χ4v) is 2.61. The van der Waals surface area contributed by atoms with Crippen molar-refractivity contribution in [3.05, 3.63) is 35.9 Å². The second kappa shape index (κ2) is 7.31. The number of rotatable bonds is 4. The van der Waals surface area contributed by atoms with Gasteiger partial charge in [-0.25, -0.2) is 4.79 Å². The van der Waals surface area contributed by atoms with Crippen LogP contribution in [0.15, 0.2) is 35.5 Å². The van der Waals surface area contributed by atoms with Gasteiger partial charge < -0.3 is 19.4 Å². The third-order valence-electron chi connectivity index (χ3n) is 3.64. The van der Waals surface area contributed by atoms with Gasteiger partial charge in [0, 0.05) is 0 Å². The van der Waals surface area contributed by atoms with E-state index in [9.17, 15) is 14.7 Å². The molecule has 1 N–H and O–H groups in total. The summed E-state index contributed by atoms with van der Waals surface area (Å²) in [6, 6.07) is 8.90. The number of carbonyl (C=O) groups excluding carboxylic acids is 2. The van der Waals surface area contributed by atoms with Gasteiger partial charge in [-0.15, -0.1) is 0 Å². The number of hydrogen-bond donors (Lipinski definition) is 1. The van der Waals surface area contributed by atoms with Crippen molar-refractivity contribution in [1.82, 2.24) is 0 Å². The van der Waals surface area contributed by atoms with Gasteiger partial charge in [-0.2, -0.15) is 0 Å².